The number of halogens is 1. The molecule has 0 radical (unpaired) electrons. The van der Waals surface area contributed by atoms with Gasteiger partial charge in [0, 0.05) is 15.0 Å². The summed E-state index contributed by atoms with van der Waals surface area (Å²) in [5.41, 5.74) is 3.15. The number of nitrogens with one attached hydrogen (secondary N) is 1. The molecular weight excluding hydrogens is 310 g/mol. The zero-order chi connectivity index (χ0) is 13.1. The number of aryl methyl sites for hydroxylation is 2. The minimum Gasteiger partial charge on any atom is -0.379 e. The molecule has 2 aromatic heterocycles. The second-order valence-electron chi connectivity index (χ2n) is 3.93. The number of nitrogens with zero attached hydrogens (tertiary/aromatic N) is 2. The summed E-state index contributed by atoms with van der Waals surface area (Å²) in [6.07, 6.45) is 0. The lowest BCUT2D eigenvalue weighted by Gasteiger charge is -2.10. The van der Waals surface area contributed by atoms with E-state index >= 15 is 0 Å². The molecule has 0 saturated heterocycles. The Kier molecular flexibility index (Phi) is 4.00. The quantitative estimate of drug-likeness (QED) is 0.929. The Hall–Kier alpha value is -1.38. The Morgan fingerprint density at radius 2 is 2.28 bits per heavy atom. The topological polar surface area (TPSA) is 48.7 Å². The van der Waals surface area contributed by atoms with Gasteiger partial charge in [0.05, 0.1) is 23.5 Å². The number of hydrogen-bond donors (Lipinski definition) is 1. The molecule has 0 saturated carbocycles. The lowest BCUT2D eigenvalue weighted by Crippen LogP contribution is -2.03. The minimum atomic E-state index is 0.619. The van der Waals surface area contributed by atoms with Crippen LogP contribution in [0, 0.1) is 25.2 Å². The third kappa shape index (κ3) is 2.71. The molecule has 2 aromatic rings. The Morgan fingerprint density at radius 1 is 1.50 bits per heavy atom. The van der Waals surface area contributed by atoms with E-state index in [4.69, 9.17) is 5.26 Å². The Bertz CT molecular complexity index is 613. The normalized spacial score (nSPS) is 10.1. The lowest BCUT2D eigenvalue weighted by atomic mass is 10.1. The van der Waals surface area contributed by atoms with Gasteiger partial charge in [-0.25, -0.2) is 0 Å². The molecule has 0 aliphatic heterocycles. The van der Waals surface area contributed by atoms with Crippen LogP contribution in [0.25, 0.3) is 0 Å². The molecule has 0 amide bonds. The van der Waals surface area contributed by atoms with Crippen molar-refractivity contribution in [2.75, 3.05) is 5.32 Å². The van der Waals surface area contributed by atoms with Crippen LogP contribution in [-0.4, -0.2) is 4.98 Å². The van der Waals surface area contributed by atoms with Gasteiger partial charge in [0.25, 0.3) is 0 Å². The van der Waals surface area contributed by atoms with Gasteiger partial charge >= 0.3 is 0 Å². The predicted molar refractivity (Wildman–Crippen MR) is 77.8 cm³/mol. The van der Waals surface area contributed by atoms with Gasteiger partial charge in [-0.15, -0.1) is 11.3 Å². The first-order chi connectivity index (χ1) is 8.61. The van der Waals surface area contributed by atoms with Crippen LogP contribution >= 0.6 is 27.3 Å². The van der Waals surface area contributed by atoms with Crippen molar-refractivity contribution in [3.8, 4) is 6.07 Å². The van der Waals surface area contributed by atoms with Gasteiger partial charge < -0.3 is 5.32 Å². The number of aromatic nitrogens is 1. The van der Waals surface area contributed by atoms with E-state index in [-0.39, 0.29) is 0 Å². The van der Waals surface area contributed by atoms with Crippen LogP contribution in [0.4, 0.5) is 5.69 Å². The molecule has 0 unspecified atom stereocenters. The van der Waals surface area contributed by atoms with Crippen LogP contribution in [0.2, 0.25) is 0 Å². The van der Waals surface area contributed by atoms with Crippen molar-refractivity contribution < 1.29 is 0 Å². The molecule has 0 aliphatic carbocycles. The first-order valence-corrected chi connectivity index (χ1v) is 7.13. The van der Waals surface area contributed by atoms with Crippen molar-refractivity contribution in [2.45, 2.75) is 20.4 Å². The summed E-state index contributed by atoms with van der Waals surface area (Å²) >= 11 is 5.18. The van der Waals surface area contributed by atoms with Gasteiger partial charge in [-0.2, -0.15) is 5.26 Å². The number of anilines is 1. The van der Waals surface area contributed by atoms with E-state index in [1.165, 1.54) is 4.88 Å². The van der Waals surface area contributed by atoms with Gasteiger partial charge in [0.15, 0.2) is 0 Å². The van der Waals surface area contributed by atoms with E-state index in [9.17, 15) is 0 Å². The highest BCUT2D eigenvalue weighted by Crippen LogP contribution is 2.25. The summed E-state index contributed by atoms with van der Waals surface area (Å²) in [4.78, 5) is 5.51. The van der Waals surface area contributed by atoms with Crippen molar-refractivity contribution in [1.82, 2.24) is 4.98 Å². The minimum absolute atomic E-state index is 0.619. The van der Waals surface area contributed by atoms with E-state index in [0.29, 0.717) is 12.1 Å². The molecule has 18 heavy (non-hydrogen) atoms. The summed E-state index contributed by atoms with van der Waals surface area (Å²) in [6, 6.07) is 6.14. The number of thiophene rings is 1. The smallest absolute Gasteiger partial charge is 0.103 e. The molecule has 92 valence electrons. The SMILES string of the molecule is Cc1cc(NCc2sccc2Br)c(C#N)c(C)n1. The maximum absolute atomic E-state index is 9.17. The van der Waals surface area contributed by atoms with Gasteiger partial charge in [-0.05, 0) is 47.3 Å². The molecule has 0 spiro atoms. The second-order valence-corrected chi connectivity index (χ2v) is 5.78. The van der Waals surface area contributed by atoms with Crippen LogP contribution in [0.15, 0.2) is 22.0 Å². The summed E-state index contributed by atoms with van der Waals surface area (Å²) in [6.45, 7) is 4.49. The largest absolute Gasteiger partial charge is 0.379 e. The number of pyridine rings is 1. The fourth-order valence-corrected chi connectivity index (χ4v) is 3.17. The fraction of sp³-hybridized carbons (Fsp3) is 0.231. The average molecular weight is 322 g/mol. The third-order valence-electron chi connectivity index (χ3n) is 2.57. The van der Waals surface area contributed by atoms with Crippen molar-refractivity contribution in [2.24, 2.45) is 0 Å². The fourth-order valence-electron chi connectivity index (χ4n) is 1.74. The molecule has 0 fully saturated rings. The average Bonchev–Trinajstić information content (AvgIpc) is 2.71. The highest BCUT2D eigenvalue weighted by atomic mass is 79.9. The predicted octanol–water partition coefficient (Wildman–Crippen LogP) is 4.01. The molecule has 0 aromatic carbocycles. The number of nitriles is 1. The van der Waals surface area contributed by atoms with E-state index in [1.54, 1.807) is 11.3 Å². The van der Waals surface area contributed by atoms with Crippen LogP contribution in [0.1, 0.15) is 21.8 Å². The summed E-state index contributed by atoms with van der Waals surface area (Å²) in [5, 5.41) is 14.5. The van der Waals surface area contributed by atoms with Gasteiger partial charge in [-0.1, -0.05) is 0 Å². The molecule has 1 N–H and O–H groups in total. The second kappa shape index (κ2) is 5.51. The Morgan fingerprint density at radius 3 is 2.89 bits per heavy atom. The van der Waals surface area contributed by atoms with E-state index in [2.05, 4.69) is 32.3 Å². The third-order valence-corrected chi connectivity index (χ3v) is 4.50. The summed E-state index contributed by atoms with van der Waals surface area (Å²) < 4.78 is 1.10. The van der Waals surface area contributed by atoms with Crippen LogP contribution in [0.5, 0.6) is 0 Å². The highest BCUT2D eigenvalue weighted by Gasteiger charge is 2.08. The molecule has 0 atom stereocenters. The maximum atomic E-state index is 9.17. The van der Waals surface area contributed by atoms with Crippen molar-refractivity contribution in [1.29, 1.82) is 5.26 Å². The molecule has 0 aliphatic rings. The number of hydrogen-bond acceptors (Lipinski definition) is 4. The zero-order valence-corrected chi connectivity index (χ0v) is 12.5. The highest BCUT2D eigenvalue weighted by molar-refractivity contribution is 9.10. The summed E-state index contributed by atoms with van der Waals surface area (Å²) in [7, 11) is 0. The number of rotatable bonds is 3. The van der Waals surface area contributed by atoms with Crippen molar-refractivity contribution in [3.05, 3.63) is 43.8 Å². The van der Waals surface area contributed by atoms with Crippen LogP contribution < -0.4 is 5.32 Å². The van der Waals surface area contributed by atoms with Crippen molar-refractivity contribution >= 4 is 33.0 Å². The first-order valence-electron chi connectivity index (χ1n) is 5.46. The molecule has 5 heteroatoms. The zero-order valence-electron chi connectivity index (χ0n) is 10.1. The molecule has 2 rings (SSSR count). The van der Waals surface area contributed by atoms with Gasteiger partial charge in [0.1, 0.15) is 6.07 Å². The monoisotopic (exact) mass is 321 g/mol. The molecule has 2 heterocycles. The van der Waals surface area contributed by atoms with Gasteiger partial charge in [0.2, 0.25) is 0 Å². The standard InChI is InChI=1S/C13H12BrN3S/c1-8-5-12(10(6-15)9(2)17-8)16-7-13-11(14)3-4-18-13/h3-5H,7H2,1-2H3,(H,16,17). The Labute approximate surface area is 119 Å². The maximum Gasteiger partial charge on any atom is 0.103 e. The molecular formula is C13H12BrN3S. The first kappa shape index (κ1) is 13.1. The van der Waals surface area contributed by atoms with E-state index < -0.39 is 0 Å². The lowest BCUT2D eigenvalue weighted by molar-refractivity contribution is 1.09. The Balaban J connectivity index is 2.24. The van der Waals surface area contributed by atoms with Crippen LogP contribution in [-0.2, 0) is 6.54 Å². The van der Waals surface area contributed by atoms with Crippen LogP contribution in [0.3, 0.4) is 0 Å². The van der Waals surface area contributed by atoms with Gasteiger partial charge in [-0.3, -0.25) is 4.98 Å². The van der Waals surface area contributed by atoms with E-state index in [0.717, 1.165) is 21.5 Å². The van der Waals surface area contributed by atoms with E-state index in [1.807, 2.05) is 31.4 Å². The van der Waals surface area contributed by atoms with Crippen molar-refractivity contribution in [3.63, 3.8) is 0 Å². The molecule has 3 nitrogen and oxygen atoms in total. The summed E-state index contributed by atoms with van der Waals surface area (Å²) in [5.74, 6) is 0. The molecule has 0 bridgehead atoms.